The number of rotatable bonds is 5. The van der Waals surface area contributed by atoms with Crippen LogP contribution in [0, 0.1) is 0 Å². The highest BCUT2D eigenvalue weighted by molar-refractivity contribution is 5.99. The molecule has 0 radical (unpaired) electrons. The number of ketones is 1. The molecule has 5 nitrogen and oxygen atoms in total. The van der Waals surface area contributed by atoms with Crippen molar-refractivity contribution < 1.29 is 14.6 Å². The SMILES string of the molecule is CCCC(O)C(=O)c1nccnc1OC. The standard InChI is InChI=1S/C10H14N2O3/c1-3-4-7(13)9(14)8-10(15-2)12-6-5-11-8/h5-7,13H,3-4H2,1-2H3. The maximum Gasteiger partial charge on any atom is 0.243 e. The molecule has 15 heavy (non-hydrogen) atoms. The molecule has 0 amide bonds. The van der Waals surface area contributed by atoms with Crippen LogP contribution >= 0.6 is 0 Å². The zero-order valence-corrected chi connectivity index (χ0v) is 8.80. The number of aliphatic hydroxyl groups is 1. The topological polar surface area (TPSA) is 72.3 Å². The van der Waals surface area contributed by atoms with E-state index < -0.39 is 11.9 Å². The van der Waals surface area contributed by atoms with Crippen LogP contribution in [0.1, 0.15) is 30.3 Å². The Balaban J connectivity index is 2.90. The molecule has 0 aromatic carbocycles. The molecule has 1 aromatic heterocycles. The second-order valence-electron chi connectivity index (χ2n) is 3.08. The fraction of sp³-hybridized carbons (Fsp3) is 0.500. The molecule has 0 aliphatic carbocycles. The number of ether oxygens (including phenoxy) is 1. The number of carbonyl (C=O) groups excluding carboxylic acids is 1. The van der Waals surface area contributed by atoms with Crippen LogP contribution in [0.2, 0.25) is 0 Å². The fourth-order valence-corrected chi connectivity index (χ4v) is 1.21. The fourth-order valence-electron chi connectivity index (χ4n) is 1.21. The van der Waals surface area contributed by atoms with Gasteiger partial charge in [-0.15, -0.1) is 0 Å². The second kappa shape index (κ2) is 5.41. The maximum atomic E-state index is 11.7. The van der Waals surface area contributed by atoms with Crippen molar-refractivity contribution in [2.75, 3.05) is 7.11 Å². The first-order chi connectivity index (χ1) is 7.20. The Morgan fingerprint density at radius 2 is 2.20 bits per heavy atom. The summed E-state index contributed by atoms with van der Waals surface area (Å²) in [4.78, 5) is 19.4. The quantitative estimate of drug-likeness (QED) is 0.729. The zero-order chi connectivity index (χ0) is 11.3. The lowest BCUT2D eigenvalue weighted by Gasteiger charge is -2.09. The number of carbonyl (C=O) groups is 1. The van der Waals surface area contributed by atoms with Gasteiger partial charge in [0.1, 0.15) is 6.10 Å². The Bertz CT molecular complexity index is 341. The van der Waals surface area contributed by atoms with Gasteiger partial charge in [-0.05, 0) is 6.42 Å². The van der Waals surface area contributed by atoms with Crippen molar-refractivity contribution >= 4 is 5.78 Å². The number of hydrogen-bond acceptors (Lipinski definition) is 5. The average Bonchev–Trinajstić information content (AvgIpc) is 2.28. The number of methoxy groups -OCH3 is 1. The van der Waals surface area contributed by atoms with E-state index in [1.54, 1.807) is 0 Å². The molecule has 1 heterocycles. The smallest absolute Gasteiger partial charge is 0.243 e. The van der Waals surface area contributed by atoms with Gasteiger partial charge in [-0.3, -0.25) is 4.79 Å². The monoisotopic (exact) mass is 210 g/mol. The van der Waals surface area contributed by atoms with Crippen molar-refractivity contribution in [3.05, 3.63) is 18.1 Å². The highest BCUT2D eigenvalue weighted by Crippen LogP contribution is 2.14. The largest absolute Gasteiger partial charge is 0.479 e. The molecular formula is C10H14N2O3. The van der Waals surface area contributed by atoms with E-state index in [0.29, 0.717) is 6.42 Å². The lowest BCUT2D eigenvalue weighted by molar-refractivity contribution is 0.0719. The summed E-state index contributed by atoms with van der Waals surface area (Å²) in [5.41, 5.74) is 0.0842. The summed E-state index contributed by atoms with van der Waals surface area (Å²) < 4.78 is 4.89. The van der Waals surface area contributed by atoms with Crippen molar-refractivity contribution in [2.45, 2.75) is 25.9 Å². The summed E-state index contributed by atoms with van der Waals surface area (Å²) in [5, 5.41) is 9.52. The van der Waals surface area contributed by atoms with Gasteiger partial charge in [0, 0.05) is 12.4 Å². The summed E-state index contributed by atoms with van der Waals surface area (Å²) >= 11 is 0. The van der Waals surface area contributed by atoms with Crippen molar-refractivity contribution in [3.63, 3.8) is 0 Å². The van der Waals surface area contributed by atoms with Crippen LogP contribution in [0.25, 0.3) is 0 Å². The van der Waals surface area contributed by atoms with Gasteiger partial charge in [-0.1, -0.05) is 13.3 Å². The molecule has 0 bridgehead atoms. The Morgan fingerprint density at radius 1 is 1.53 bits per heavy atom. The van der Waals surface area contributed by atoms with E-state index in [-0.39, 0.29) is 11.6 Å². The lowest BCUT2D eigenvalue weighted by Crippen LogP contribution is -2.22. The molecule has 0 fully saturated rings. The summed E-state index contributed by atoms with van der Waals surface area (Å²) in [6, 6.07) is 0. The number of Topliss-reactive ketones (excluding diaryl/α,β-unsaturated/α-hetero) is 1. The van der Waals surface area contributed by atoms with Crippen LogP contribution in [0.5, 0.6) is 5.88 Å². The van der Waals surface area contributed by atoms with Crippen molar-refractivity contribution in [1.82, 2.24) is 9.97 Å². The summed E-state index contributed by atoms with van der Waals surface area (Å²) in [6.45, 7) is 1.89. The first-order valence-corrected chi connectivity index (χ1v) is 4.78. The van der Waals surface area contributed by atoms with E-state index in [1.807, 2.05) is 6.92 Å². The number of nitrogens with zero attached hydrogens (tertiary/aromatic N) is 2. The highest BCUT2D eigenvalue weighted by Gasteiger charge is 2.21. The molecule has 1 aromatic rings. The van der Waals surface area contributed by atoms with Gasteiger partial charge in [0.15, 0.2) is 5.69 Å². The van der Waals surface area contributed by atoms with Crippen molar-refractivity contribution in [3.8, 4) is 5.88 Å². The molecule has 1 rings (SSSR count). The van der Waals surface area contributed by atoms with E-state index in [4.69, 9.17) is 4.74 Å². The molecule has 1 atom stereocenters. The minimum Gasteiger partial charge on any atom is -0.479 e. The Labute approximate surface area is 88.1 Å². The summed E-state index contributed by atoms with van der Waals surface area (Å²) in [6.07, 6.45) is 2.95. The molecule has 1 unspecified atom stereocenters. The minimum atomic E-state index is -1.03. The van der Waals surface area contributed by atoms with Crippen LogP contribution in [-0.4, -0.2) is 34.1 Å². The molecule has 0 aliphatic rings. The predicted molar refractivity (Wildman–Crippen MR) is 53.8 cm³/mol. The van der Waals surface area contributed by atoms with Crippen LogP contribution in [0.4, 0.5) is 0 Å². The molecule has 5 heteroatoms. The van der Waals surface area contributed by atoms with E-state index in [2.05, 4.69) is 9.97 Å². The summed E-state index contributed by atoms with van der Waals surface area (Å²) in [7, 11) is 1.41. The van der Waals surface area contributed by atoms with Crippen LogP contribution in [0.15, 0.2) is 12.4 Å². The third-order valence-electron chi connectivity index (χ3n) is 1.96. The van der Waals surface area contributed by atoms with Crippen LogP contribution in [0.3, 0.4) is 0 Å². The molecule has 0 saturated carbocycles. The molecule has 0 saturated heterocycles. The normalized spacial score (nSPS) is 12.2. The first kappa shape index (κ1) is 11.6. The zero-order valence-electron chi connectivity index (χ0n) is 8.80. The second-order valence-corrected chi connectivity index (χ2v) is 3.08. The average molecular weight is 210 g/mol. The number of aliphatic hydroxyl groups excluding tert-OH is 1. The molecular weight excluding hydrogens is 196 g/mol. The van der Waals surface area contributed by atoms with Gasteiger partial charge in [-0.2, -0.15) is 0 Å². The Kier molecular flexibility index (Phi) is 4.17. The molecule has 1 N–H and O–H groups in total. The van der Waals surface area contributed by atoms with E-state index in [0.717, 1.165) is 6.42 Å². The van der Waals surface area contributed by atoms with Crippen molar-refractivity contribution in [2.24, 2.45) is 0 Å². The maximum absolute atomic E-state index is 11.7. The van der Waals surface area contributed by atoms with Gasteiger partial charge < -0.3 is 9.84 Å². The predicted octanol–water partition coefficient (Wildman–Crippen LogP) is 0.829. The van der Waals surface area contributed by atoms with Gasteiger partial charge in [-0.25, -0.2) is 9.97 Å². The van der Waals surface area contributed by atoms with Crippen molar-refractivity contribution in [1.29, 1.82) is 0 Å². The summed E-state index contributed by atoms with van der Waals surface area (Å²) in [5.74, 6) is -0.292. The van der Waals surface area contributed by atoms with Gasteiger partial charge in [0.2, 0.25) is 11.7 Å². The van der Waals surface area contributed by atoms with Crippen LogP contribution < -0.4 is 4.74 Å². The van der Waals surface area contributed by atoms with E-state index >= 15 is 0 Å². The Morgan fingerprint density at radius 3 is 2.80 bits per heavy atom. The number of hydrogen-bond donors (Lipinski definition) is 1. The molecule has 0 aliphatic heterocycles. The Hall–Kier alpha value is -1.49. The third kappa shape index (κ3) is 2.73. The lowest BCUT2D eigenvalue weighted by atomic mass is 10.1. The van der Waals surface area contributed by atoms with E-state index in [9.17, 15) is 9.90 Å². The first-order valence-electron chi connectivity index (χ1n) is 4.78. The third-order valence-corrected chi connectivity index (χ3v) is 1.96. The highest BCUT2D eigenvalue weighted by atomic mass is 16.5. The number of aromatic nitrogens is 2. The van der Waals surface area contributed by atoms with Gasteiger partial charge >= 0.3 is 0 Å². The molecule has 82 valence electrons. The van der Waals surface area contributed by atoms with E-state index in [1.165, 1.54) is 19.5 Å². The minimum absolute atomic E-state index is 0.0842. The van der Waals surface area contributed by atoms with Gasteiger partial charge in [0.05, 0.1) is 7.11 Å². The van der Waals surface area contributed by atoms with Crippen LogP contribution in [-0.2, 0) is 0 Å². The molecule has 0 spiro atoms. The van der Waals surface area contributed by atoms with Gasteiger partial charge in [0.25, 0.3) is 0 Å².